The Balaban J connectivity index is 2.37. The van der Waals surface area contributed by atoms with Crippen LogP contribution in [0.15, 0.2) is 29.2 Å². The molecule has 0 fully saturated rings. The fourth-order valence-electron chi connectivity index (χ4n) is 3.25. The maximum absolute atomic E-state index is 13.1. The van der Waals surface area contributed by atoms with E-state index in [0.29, 0.717) is 11.5 Å². The molecule has 0 radical (unpaired) electrons. The highest BCUT2D eigenvalue weighted by Gasteiger charge is 2.25. The number of sulfonamides is 1. The number of hydrogen-bond acceptors (Lipinski definition) is 3. The fourth-order valence-corrected chi connectivity index (χ4v) is 5.08. The molecule has 0 amide bonds. The molecule has 0 bridgehead atoms. The van der Waals surface area contributed by atoms with Gasteiger partial charge in [-0.15, -0.1) is 0 Å². The summed E-state index contributed by atoms with van der Waals surface area (Å²) in [5.41, 5.74) is 5.74. The van der Waals surface area contributed by atoms with E-state index >= 15 is 0 Å². The van der Waals surface area contributed by atoms with Crippen molar-refractivity contribution >= 4 is 10.0 Å². The molecule has 2 aromatic carbocycles. The molecule has 4 nitrogen and oxygen atoms in total. The molecule has 0 aromatic heterocycles. The maximum atomic E-state index is 13.1. The third kappa shape index (κ3) is 3.94. The van der Waals surface area contributed by atoms with E-state index in [1.165, 1.54) is 0 Å². The topological polar surface area (TPSA) is 55.4 Å². The van der Waals surface area contributed by atoms with Gasteiger partial charge in [0, 0.05) is 6.04 Å². The quantitative estimate of drug-likeness (QED) is 0.798. The molecule has 1 N–H and O–H groups in total. The first-order valence-corrected chi connectivity index (χ1v) is 10.4. The predicted octanol–water partition coefficient (Wildman–Crippen LogP) is 4.67. The molecule has 0 aliphatic rings. The number of hydrogen-bond donors (Lipinski definition) is 1. The molecule has 0 heterocycles. The van der Waals surface area contributed by atoms with E-state index < -0.39 is 10.0 Å². The summed E-state index contributed by atoms with van der Waals surface area (Å²) in [6, 6.07) is 7.17. The lowest BCUT2D eigenvalue weighted by Gasteiger charge is -2.21. The Morgan fingerprint density at radius 1 is 0.885 bits per heavy atom. The Morgan fingerprint density at radius 3 is 1.81 bits per heavy atom. The Hall–Kier alpha value is -1.85. The normalized spacial score (nSPS) is 12.9. The molecule has 26 heavy (non-hydrogen) atoms. The van der Waals surface area contributed by atoms with Gasteiger partial charge in [-0.25, -0.2) is 13.1 Å². The first kappa shape index (κ1) is 20.5. The van der Waals surface area contributed by atoms with E-state index in [4.69, 9.17) is 4.74 Å². The van der Waals surface area contributed by atoms with Crippen LogP contribution in [0.25, 0.3) is 0 Å². The van der Waals surface area contributed by atoms with Gasteiger partial charge in [-0.1, -0.05) is 12.1 Å². The van der Waals surface area contributed by atoms with Gasteiger partial charge >= 0.3 is 0 Å². The number of benzene rings is 2. The van der Waals surface area contributed by atoms with Crippen LogP contribution in [-0.2, 0) is 10.0 Å². The van der Waals surface area contributed by atoms with Crippen molar-refractivity contribution in [3.8, 4) is 5.75 Å². The van der Waals surface area contributed by atoms with Crippen molar-refractivity contribution in [2.75, 3.05) is 6.61 Å². The van der Waals surface area contributed by atoms with Gasteiger partial charge in [-0.3, -0.25) is 0 Å². The van der Waals surface area contributed by atoms with Crippen LogP contribution in [0, 0.1) is 34.6 Å². The van der Waals surface area contributed by atoms with Gasteiger partial charge < -0.3 is 4.74 Å². The van der Waals surface area contributed by atoms with Gasteiger partial charge in [0.05, 0.1) is 11.5 Å². The van der Waals surface area contributed by atoms with Crippen molar-refractivity contribution in [1.82, 2.24) is 4.72 Å². The molecule has 5 heteroatoms. The summed E-state index contributed by atoms with van der Waals surface area (Å²) in [5.74, 6) is 0.780. The molecule has 1 atom stereocenters. The minimum Gasteiger partial charge on any atom is -0.494 e. The van der Waals surface area contributed by atoms with Crippen molar-refractivity contribution < 1.29 is 13.2 Å². The SMILES string of the molecule is CCOc1ccc(C(C)NS(=O)(=O)c2c(C)c(C)c(C)c(C)c2C)cc1. The molecule has 142 valence electrons. The third-order valence-electron chi connectivity index (χ3n) is 5.22. The summed E-state index contributed by atoms with van der Waals surface area (Å²) < 4.78 is 34.5. The highest BCUT2D eigenvalue weighted by Crippen LogP contribution is 2.30. The Labute approximate surface area is 157 Å². The smallest absolute Gasteiger partial charge is 0.241 e. The highest BCUT2D eigenvalue weighted by atomic mass is 32.2. The fraction of sp³-hybridized carbons (Fsp3) is 0.429. The Kier molecular flexibility index (Phi) is 6.14. The largest absolute Gasteiger partial charge is 0.494 e. The van der Waals surface area contributed by atoms with Crippen LogP contribution in [-0.4, -0.2) is 15.0 Å². The van der Waals surface area contributed by atoms with E-state index in [0.717, 1.165) is 39.1 Å². The van der Waals surface area contributed by atoms with Crippen molar-refractivity contribution in [3.63, 3.8) is 0 Å². The molecule has 0 saturated carbocycles. The zero-order valence-corrected chi connectivity index (χ0v) is 17.5. The van der Waals surface area contributed by atoms with Crippen LogP contribution in [0.5, 0.6) is 5.75 Å². The van der Waals surface area contributed by atoms with Crippen molar-refractivity contribution in [2.45, 2.75) is 59.4 Å². The molecule has 0 aliphatic heterocycles. The summed E-state index contributed by atoms with van der Waals surface area (Å²) >= 11 is 0. The monoisotopic (exact) mass is 375 g/mol. The van der Waals surface area contributed by atoms with E-state index in [1.807, 2.05) is 72.7 Å². The van der Waals surface area contributed by atoms with E-state index in [1.54, 1.807) is 0 Å². The maximum Gasteiger partial charge on any atom is 0.241 e. The minimum atomic E-state index is -3.63. The summed E-state index contributed by atoms with van der Waals surface area (Å²) in [7, 11) is -3.63. The van der Waals surface area contributed by atoms with Crippen molar-refractivity contribution in [3.05, 3.63) is 57.6 Å². The number of rotatable bonds is 6. The van der Waals surface area contributed by atoms with Gasteiger partial charge in [0.1, 0.15) is 5.75 Å². The highest BCUT2D eigenvalue weighted by molar-refractivity contribution is 7.89. The lowest BCUT2D eigenvalue weighted by molar-refractivity contribution is 0.340. The predicted molar refractivity (Wildman–Crippen MR) is 106 cm³/mol. The molecule has 0 aliphatic carbocycles. The number of ether oxygens (including phenoxy) is 1. The molecule has 2 rings (SSSR count). The molecule has 0 saturated heterocycles. The third-order valence-corrected chi connectivity index (χ3v) is 7.04. The van der Waals surface area contributed by atoms with Gasteiger partial charge in [0.15, 0.2) is 0 Å². The second-order valence-corrected chi connectivity index (χ2v) is 8.45. The zero-order chi connectivity index (χ0) is 19.6. The Morgan fingerprint density at radius 2 is 1.35 bits per heavy atom. The second kappa shape index (κ2) is 7.80. The van der Waals surface area contributed by atoms with Crippen molar-refractivity contribution in [2.24, 2.45) is 0 Å². The van der Waals surface area contributed by atoms with E-state index in [2.05, 4.69) is 4.72 Å². The summed E-state index contributed by atoms with van der Waals surface area (Å²) in [4.78, 5) is 0.399. The summed E-state index contributed by atoms with van der Waals surface area (Å²) in [6.45, 7) is 14.1. The van der Waals surface area contributed by atoms with Gasteiger partial charge in [-0.2, -0.15) is 0 Å². The average Bonchev–Trinajstić information content (AvgIpc) is 2.58. The summed E-state index contributed by atoms with van der Waals surface area (Å²) in [5, 5.41) is 0. The molecule has 0 spiro atoms. The lowest BCUT2D eigenvalue weighted by atomic mass is 9.95. The van der Waals surface area contributed by atoms with Crippen LogP contribution in [0.2, 0.25) is 0 Å². The first-order chi connectivity index (χ1) is 12.1. The van der Waals surface area contributed by atoms with Crippen molar-refractivity contribution in [1.29, 1.82) is 0 Å². The van der Waals surface area contributed by atoms with Gasteiger partial charge in [-0.05, 0) is 94.0 Å². The Bertz CT molecular complexity index is 871. The van der Waals surface area contributed by atoms with E-state index in [-0.39, 0.29) is 6.04 Å². The average molecular weight is 376 g/mol. The van der Waals surface area contributed by atoms with Crippen LogP contribution in [0.4, 0.5) is 0 Å². The lowest BCUT2D eigenvalue weighted by Crippen LogP contribution is -2.28. The standard InChI is InChI=1S/C21H29NO3S/c1-8-25-20-11-9-19(10-12-20)18(7)22-26(23,24)21-16(5)14(3)13(2)15(4)17(21)6/h9-12,18,22H,8H2,1-7H3. The van der Waals surface area contributed by atoms with Crippen LogP contribution < -0.4 is 9.46 Å². The number of nitrogens with one attached hydrogen (secondary N) is 1. The molecular weight excluding hydrogens is 346 g/mol. The molecule has 2 aromatic rings. The van der Waals surface area contributed by atoms with Crippen LogP contribution in [0.3, 0.4) is 0 Å². The second-order valence-electron chi connectivity index (χ2n) is 6.80. The minimum absolute atomic E-state index is 0.337. The zero-order valence-electron chi connectivity index (χ0n) is 16.7. The first-order valence-electron chi connectivity index (χ1n) is 8.92. The van der Waals surface area contributed by atoms with Crippen LogP contribution >= 0.6 is 0 Å². The van der Waals surface area contributed by atoms with Gasteiger partial charge in [0.2, 0.25) is 10.0 Å². The van der Waals surface area contributed by atoms with Gasteiger partial charge in [0.25, 0.3) is 0 Å². The summed E-state index contributed by atoms with van der Waals surface area (Å²) in [6.07, 6.45) is 0. The molecule has 1 unspecified atom stereocenters. The molecular formula is C21H29NO3S. The van der Waals surface area contributed by atoms with Crippen LogP contribution in [0.1, 0.15) is 53.3 Å². The van der Waals surface area contributed by atoms with E-state index in [9.17, 15) is 8.42 Å².